The Kier molecular flexibility index (Phi) is 4.04. The number of benzene rings is 2. The van der Waals surface area contributed by atoms with Gasteiger partial charge >= 0.3 is 0 Å². The fraction of sp³-hybridized carbons (Fsp3) is 0.348. The van der Waals surface area contributed by atoms with Gasteiger partial charge in [0.2, 0.25) is 5.91 Å². The second kappa shape index (κ2) is 6.59. The lowest BCUT2D eigenvalue weighted by atomic mass is 9.59. The number of nitrogens with zero attached hydrogens (tertiary/aromatic N) is 2. The SMILES string of the molecule is CN1N=C(C(=O)NCC2CC3c4ccccc4C2c2ccccc23)CCC1=O. The first-order chi connectivity index (χ1) is 13.6. The lowest BCUT2D eigenvalue weighted by Gasteiger charge is -2.45. The molecule has 0 spiro atoms. The zero-order valence-electron chi connectivity index (χ0n) is 15.9. The summed E-state index contributed by atoms with van der Waals surface area (Å²) in [5, 5.41) is 8.50. The maximum absolute atomic E-state index is 12.6. The van der Waals surface area contributed by atoms with E-state index in [2.05, 4.69) is 58.9 Å². The van der Waals surface area contributed by atoms with Crippen LogP contribution in [0.1, 0.15) is 53.4 Å². The molecule has 5 heteroatoms. The van der Waals surface area contributed by atoms with Crippen molar-refractivity contribution in [1.29, 1.82) is 0 Å². The van der Waals surface area contributed by atoms with Gasteiger partial charge in [-0.1, -0.05) is 48.5 Å². The molecular formula is C23H23N3O2. The van der Waals surface area contributed by atoms with E-state index in [1.54, 1.807) is 7.05 Å². The molecule has 2 aromatic rings. The largest absolute Gasteiger partial charge is 0.351 e. The summed E-state index contributed by atoms with van der Waals surface area (Å²) in [5.74, 6) is 0.879. The molecule has 2 bridgehead atoms. The van der Waals surface area contributed by atoms with E-state index < -0.39 is 0 Å². The van der Waals surface area contributed by atoms with E-state index in [-0.39, 0.29) is 11.8 Å². The lowest BCUT2D eigenvalue weighted by Crippen LogP contribution is -2.43. The predicted molar refractivity (Wildman–Crippen MR) is 107 cm³/mol. The van der Waals surface area contributed by atoms with Crippen LogP contribution in [0.3, 0.4) is 0 Å². The quantitative estimate of drug-likeness (QED) is 0.899. The van der Waals surface area contributed by atoms with E-state index in [0.29, 0.717) is 42.9 Å². The highest BCUT2D eigenvalue weighted by Gasteiger charge is 2.43. The molecule has 1 N–H and O–H groups in total. The summed E-state index contributed by atoms with van der Waals surface area (Å²) in [5.41, 5.74) is 6.12. The minimum absolute atomic E-state index is 0.0469. The minimum atomic E-state index is -0.151. The lowest BCUT2D eigenvalue weighted by molar-refractivity contribution is -0.130. The van der Waals surface area contributed by atoms with Gasteiger partial charge in [0.15, 0.2) is 0 Å². The van der Waals surface area contributed by atoms with Crippen LogP contribution in [0.4, 0.5) is 0 Å². The van der Waals surface area contributed by atoms with Gasteiger partial charge in [-0.2, -0.15) is 5.10 Å². The van der Waals surface area contributed by atoms with E-state index in [9.17, 15) is 9.59 Å². The fourth-order valence-corrected chi connectivity index (χ4v) is 5.12. The zero-order chi connectivity index (χ0) is 19.3. The molecule has 4 aliphatic rings. The Morgan fingerprint density at radius 1 is 1.04 bits per heavy atom. The molecule has 0 fully saturated rings. The predicted octanol–water partition coefficient (Wildman–Crippen LogP) is 3.01. The number of hydrogen-bond donors (Lipinski definition) is 1. The first kappa shape index (κ1) is 17.2. The minimum Gasteiger partial charge on any atom is -0.351 e. The smallest absolute Gasteiger partial charge is 0.267 e. The van der Waals surface area contributed by atoms with E-state index in [1.807, 2.05) is 0 Å². The van der Waals surface area contributed by atoms with Gasteiger partial charge in [-0.3, -0.25) is 9.59 Å². The van der Waals surface area contributed by atoms with Crippen LogP contribution in [0.15, 0.2) is 53.6 Å². The number of carbonyl (C=O) groups excluding carboxylic acids is 2. The molecule has 6 rings (SSSR count). The Hall–Kier alpha value is -2.95. The number of hydrazone groups is 1. The van der Waals surface area contributed by atoms with E-state index in [0.717, 1.165) is 6.42 Å². The maximum atomic E-state index is 12.6. The first-order valence-electron chi connectivity index (χ1n) is 9.93. The average Bonchev–Trinajstić information content (AvgIpc) is 2.74. The number of carbonyl (C=O) groups is 2. The van der Waals surface area contributed by atoms with E-state index in [4.69, 9.17) is 0 Å². The molecule has 0 radical (unpaired) electrons. The standard InChI is InChI=1S/C23H23N3O2/c1-26-21(27)11-10-20(25-26)23(28)24-13-14-12-19-15-6-2-4-8-17(15)22(14)18-9-5-3-7-16(18)19/h2-9,14,19,22H,10-13H2,1H3,(H,24,28). The second-order valence-electron chi connectivity index (χ2n) is 7.96. The molecule has 1 unspecified atom stereocenters. The molecule has 0 saturated heterocycles. The van der Waals surface area contributed by atoms with Crippen LogP contribution in [-0.4, -0.2) is 36.1 Å². The Balaban J connectivity index is 1.39. The van der Waals surface area contributed by atoms with Crippen LogP contribution in [0, 0.1) is 5.92 Å². The molecule has 2 aromatic carbocycles. The summed E-state index contributed by atoms with van der Waals surface area (Å²) >= 11 is 0. The van der Waals surface area contributed by atoms with Gasteiger partial charge in [0.05, 0.1) is 0 Å². The monoisotopic (exact) mass is 373 g/mol. The molecule has 3 aliphatic carbocycles. The van der Waals surface area contributed by atoms with Crippen molar-refractivity contribution in [2.45, 2.75) is 31.1 Å². The third-order valence-corrected chi connectivity index (χ3v) is 6.42. The van der Waals surface area contributed by atoms with Crippen molar-refractivity contribution < 1.29 is 9.59 Å². The number of nitrogens with one attached hydrogen (secondary N) is 1. The Morgan fingerprint density at radius 2 is 1.64 bits per heavy atom. The highest BCUT2D eigenvalue weighted by atomic mass is 16.2. The van der Waals surface area contributed by atoms with Crippen LogP contribution in [0.2, 0.25) is 0 Å². The van der Waals surface area contributed by atoms with Crippen molar-refractivity contribution in [2.24, 2.45) is 11.0 Å². The molecule has 2 amide bonds. The summed E-state index contributed by atoms with van der Waals surface area (Å²) in [7, 11) is 1.60. The average molecular weight is 373 g/mol. The normalized spacial score (nSPS) is 25.0. The topological polar surface area (TPSA) is 61.8 Å². The van der Waals surface area contributed by atoms with Gasteiger partial charge in [0.25, 0.3) is 5.91 Å². The highest BCUT2D eigenvalue weighted by molar-refractivity contribution is 6.39. The molecule has 1 atom stereocenters. The molecule has 0 saturated carbocycles. The molecular weight excluding hydrogens is 350 g/mol. The molecule has 28 heavy (non-hydrogen) atoms. The van der Waals surface area contributed by atoms with Gasteiger partial charge in [0.1, 0.15) is 5.71 Å². The summed E-state index contributed by atoms with van der Waals surface area (Å²) in [6, 6.07) is 17.5. The zero-order valence-corrected chi connectivity index (χ0v) is 15.9. The molecule has 5 nitrogen and oxygen atoms in total. The van der Waals surface area contributed by atoms with Crippen molar-refractivity contribution in [3.05, 3.63) is 70.8 Å². The number of amides is 2. The Morgan fingerprint density at radius 3 is 2.25 bits per heavy atom. The van der Waals surface area contributed by atoms with Gasteiger partial charge in [-0.15, -0.1) is 0 Å². The van der Waals surface area contributed by atoms with Gasteiger partial charge in [-0.25, -0.2) is 5.01 Å². The van der Waals surface area contributed by atoms with Gasteiger partial charge < -0.3 is 5.32 Å². The van der Waals surface area contributed by atoms with Crippen LogP contribution in [-0.2, 0) is 9.59 Å². The number of hydrogen-bond acceptors (Lipinski definition) is 3. The van der Waals surface area contributed by atoms with Crippen molar-refractivity contribution in [2.75, 3.05) is 13.6 Å². The second-order valence-corrected chi connectivity index (χ2v) is 7.96. The summed E-state index contributed by atoms with van der Waals surface area (Å²) in [6.07, 6.45) is 1.80. The molecule has 1 aliphatic heterocycles. The van der Waals surface area contributed by atoms with Crippen molar-refractivity contribution >= 4 is 17.5 Å². The van der Waals surface area contributed by atoms with E-state index in [1.165, 1.54) is 27.3 Å². The van der Waals surface area contributed by atoms with Crippen LogP contribution in [0.25, 0.3) is 0 Å². The van der Waals surface area contributed by atoms with Gasteiger partial charge in [0, 0.05) is 38.3 Å². The summed E-state index contributed by atoms with van der Waals surface area (Å²) in [6.45, 7) is 0.624. The van der Waals surface area contributed by atoms with Crippen molar-refractivity contribution in [3.8, 4) is 0 Å². The number of fused-ring (bicyclic) bond motifs is 1. The summed E-state index contributed by atoms with van der Waals surface area (Å²) in [4.78, 5) is 24.2. The molecule has 0 aromatic heterocycles. The first-order valence-corrected chi connectivity index (χ1v) is 9.93. The third kappa shape index (κ3) is 2.65. The number of rotatable bonds is 3. The maximum Gasteiger partial charge on any atom is 0.267 e. The third-order valence-electron chi connectivity index (χ3n) is 6.42. The molecule has 142 valence electrons. The van der Waals surface area contributed by atoms with E-state index >= 15 is 0 Å². The van der Waals surface area contributed by atoms with Crippen molar-refractivity contribution in [1.82, 2.24) is 10.3 Å². The fourth-order valence-electron chi connectivity index (χ4n) is 5.12. The molecule has 1 heterocycles. The highest BCUT2D eigenvalue weighted by Crippen LogP contribution is 2.55. The summed E-state index contributed by atoms with van der Waals surface area (Å²) < 4.78 is 0. The Labute approximate surface area is 164 Å². The Bertz CT molecular complexity index is 949. The van der Waals surface area contributed by atoms with Gasteiger partial charge in [-0.05, 0) is 34.6 Å². The van der Waals surface area contributed by atoms with Crippen molar-refractivity contribution in [3.63, 3.8) is 0 Å². The van der Waals surface area contributed by atoms with Crippen LogP contribution in [0.5, 0.6) is 0 Å². The van der Waals surface area contributed by atoms with Crippen LogP contribution >= 0.6 is 0 Å². The van der Waals surface area contributed by atoms with Crippen LogP contribution < -0.4 is 5.32 Å².